The van der Waals surface area contributed by atoms with Crippen molar-refractivity contribution >= 4 is 23.2 Å². The summed E-state index contributed by atoms with van der Waals surface area (Å²) in [5.41, 5.74) is -3.59. The van der Waals surface area contributed by atoms with Gasteiger partial charge >= 0.3 is 6.18 Å². The summed E-state index contributed by atoms with van der Waals surface area (Å²) in [7, 11) is 1.36. The van der Waals surface area contributed by atoms with Crippen LogP contribution in [-0.2, 0) is 16.5 Å². The van der Waals surface area contributed by atoms with Gasteiger partial charge in [0.25, 0.3) is 5.91 Å². The van der Waals surface area contributed by atoms with E-state index in [1.807, 2.05) is 0 Å². The van der Waals surface area contributed by atoms with Crippen LogP contribution < -0.4 is 4.90 Å². The van der Waals surface area contributed by atoms with Crippen molar-refractivity contribution in [3.63, 3.8) is 0 Å². The number of hydrogen-bond acceptors (Lipinski definition) is 5. The molecule has 3 rings (SSSR count). The Kier molecular flexibility index (Phi) is 5.32. The first-order valence-corrected chi connectivity index (χ1v) is 8.68. The maximum absolute atomic E-state index is 13.3. The molecule has 6 nitrogen and oxygen atoms in total. The first-order valence-electron chi connectivity index (χ1n) is 8.31. The minimum Gasteiger partial charge on any atom is -0.394 e. The average molecular weight is 426 g/mol. The van der Waals surface area contributed by atoms with Gasteiger partial charge < -0.3 is 10.2 Å². The average Bonchev–Trinajstić information content (AvgIpc) is 2.87. The first kappa shape index (κ1) is 21.1. The van der Waals surface area contributed by atoms with Crippen molar-refractivity contribution in [2.45, 2.75) is 18.1 Å². The van der Waals surface area contributed by atoms with Gasteiger partial charge in [-0.1, -0.05) is 23.7 Å². The Labute approximate surface area is 168 Å². The SMILES string of the molecule is CN1C(O)N(c2ccc(C#N)c(C(F)(F)F)c2)C(=O)C1(CO)c1cccc(Cl)c1. The Bertz CT molecular complexity index is 1010. The first-order chi connectivity index (χ1) is 13.6. The third-order valence-corrected chi connectivity index (χ3v) is 5.23. The van der Waals surface area contributed by atoms with Crippen LogP contribution in [-0.4, -0.2) is 41.0 Å². The van der Waals surface area contributed by atoms with Gasteiger partial charge in [-0.05, 0) is 42.9 Å². The van der Waals surface area contributed by atoms with Gasteiger partial charge in [0.1, 0.15) is 0 Å². The van der Waals surface area contributed by atoms with Gasteiger partial charge in [0.05, 0.1) is 23.8 Å². The van der Waals surface area contributed by atoms with Gasteiger partial charge in [-0.2, -0.15) is 18.4 Å². The highest BCUT2D eigenvalue weighted by Gasteiger charge is 2.57. The molecule has 1 aliphatic heterocycles. The molecule has 1 amide bonds. The maximum atomic E-state index is 13.3. The molecule has 0 spiro atoms. The molecule has 2 unspecified atom stereocenters. The number of halogens is 4. The highest BCUT2D eigenvalue weighted by Crippen LogP contribution is 2.42. The van der Waals surface area contributed by atoms with Crippen molar-refractivity contribution in [2.24, 2.45) is 0 Å². The summed E-state index contributed by atoms with van der Waals surface area (Å²) in [6.45, 7) is -0.751. The molecule has 152 valence electrons. The largest absolute Gasteiger partial charge is 0.417 e. The summed E-state index contributed by atoms with van der Waals surface area (Å²) in [6.07, 6.45) is -6.50. The molecule has 2 N–H and O–H groups in total. The Morgan fingerprint density at radius 1 is 1.28 bits per heavy atom. The molecule has 10 heteroatoms. The summed E-state index contributed by atoms with van der Waals surface area (Å²) in [4.78, 5) is 15.2. The lowest BCUT2D eigenvalue weighted by molar-refractivity contribution is -0.137. The molecule has 2 aromatic carbocycles. The van der Waals surface area contributed by atoms with E-state index in [2.05, 4.69) is 0 Å². The number of aliphatic hydroxyl groups is 2. The Balaban J connectivity index is 2.16. The van der Waals surface area contributed by atoms with E-state index in [1.165, 1.54) is 25.2 Å². The second-order valence-electron chi connectivity index (χ2n) is 6.50. The van der Waals surface area contributed by atoms with Crippen molar-refractivity contribution in [1.82, 2.24) is 4.90 Å². The van der Waals surface area contributed by atoms with Crippen molar-refractivity contribution in [2.75, 3.05) is 18.6 Å². The lowest BCUT2D eigenvalue weighted by Gasteiger charge is -2.32. The predicted molar refractivity (Wildman–Crippen MR) is 97.6 cm³/mol. The summed E-state index contributed by atoms with van der Waals surface area (Å²) >= 11 is 5.99. The van der Waals surface area contributed by atoms with Crippen molar-refractivity contribution in [3.05, 3.63) is 64.2 Å². The van der Waals surface area contributed by atoms with E-state index in [4.69, 9.17) is 16.9 Å². The number of benzene rings is 2. The number of nitrogens with zero attached hydrogens (tertiary/aromatic N) is 3. The van der Waals surface area contributed by atoms with E-state index < -0.39 is 41.7 Å². The molecule has 0 bridgehead atoms. The Morgan fingerprint density at radius 2 is 1.97 bits per heavy atom. The number of anilines is 1. The number of hydrogen-bond donors (Lipinski definition) is 2. The molecule has 0 aromatic heterocycles. The van der Waals surface area contributed by atoms with Gasteiger partial charge in [0.15, 0.2) is 11.9 Å². The lowest BCUT2D eigenvalue weighted by atomic mass is 9.89. The molecule has 0 saturated carbocycles. The number of amides is 1. The number of carbonyl (C=O) groups is 1. The van der Waals surface area contributed by atoms with Crippen LogP contribution in [0.1, 0.15) is 16.7 Å². The van der Waals surface area contributed by atoms with E-state index >= 15 is 0 Å². The third kappa shape index (κ3) is 3.24. The van der Waals surface area contributed by atoms with E-state index in [0.717, 1.165) is 21.9 Å². The molecule has 2 atom stereocenters. The van der Waals surface area contributed by atoms with E-state index in [1.54, 1.807) is 12.1 Å². The summed E-state index contributed by atoms with van der Waals surface area (Å²) in [6, 6.07) is 10.2. The highest BCUT2D eigenvalue weighted by atomic mass is 35.5. The number of aliphatic hydroxyl groups excluding tert-OH is 2. The van der Waals surface area contributed by atoms with Crippen molar-refractivity contribution in [1.29, 1.82) is 5.26 Å². The Hall–Kier alpha value is -2.64. The molecular weight excluding hydrogens is 411 g/mol. The zero-order chi connectivity index (χ0) is 21.6. The molecule has 1 saturated heterocycles. The van der Waals surface area contributed by atoms with Crippen molar-refractivity contribution in [3.8, 4) is 6.07 Å². The zero-order valence-corrected chi connectivity index (χ0v) is 15.7. The monoisotopic (exact) mass is 425 g/mol. The smallest absolute Gasteiger partial charge is 0.394 e. The van der Waals surface area contributed by atoms with Crippen LogP contribution in [0.4, 0.5) is 18.9 Å². The van der Waals surface area contributed by atoms with Gasteiger partial charge in [-0.3, -0.25) is 9.69 Å². The topological polar surface area (TPSA) is 87.8 Å². The number of nitriles is 1. The minimum absolute atomic E-state index is 0.266. The molecule has 0 radical (unpaired) electrons. The third-order valence-electron chi connectivity index (χ3n) is 4.99. The molecular formula is C19H15ClF3N3O3. The quantitative estimate of drug-likeness (QED) is 0.789. The number of likely N-dealkylation sites (N-methyl/N-ethyl adjacent to an activating group) is 1. The fourth-order valence-electron chi connectivity index (χ4n) is 3.43. The zero-order valence-electron chi connectivity index (χ0n) is 15.0. The lowest BCUT2D eigenvalue weighted by Crippen LogP contribution is -2.48. The molecule has 29 heavy (non-hydrogen) atoms. The van der Waals surface area contributed by atoms with Crippen LogP contribution in [0.3, 0.4) is 0 Å². The maximum Gasteiger partial charge on any atom is 0.417 e. The van der Waals surface area contributed by atoms with Crippen LogP contribution in [0, 0.1) is 11.3 Å². The Morgan fingerprint density at radius 3 is 2.52 bits per heavy atom. The standard InChI is InChI=1S/C19H15ClF3N3O3/c1-25-17(29)26(14-6-5-11(9-24)15(8-14)19(21,22)23)16(28)18(25,10-27)12-3-2-4-13(20)7-12/h2-8,17,27,29H,10H2,1H3. The second kappa shape index (κ2) is 7.31. The second-order valence-corrected chi connectivity index (χ2v) is 6.94. The highest BCUT2D eigenvalue weighted by molar-refractivity contribution is 6.30. The van der Waals surface area contributed by atoms with Crippen LogP contribution >= 0.6 is 11.6 Å². The van der Waals surface area contributed by atoms with Crippen LogP contribution in [0.5, 0.6) is 0 Å². The van der Waals surface area contributed by atoms with Gasteiger partial charge in [0.2, 0.25) is 0 Å². The fraction of sp³-hybridized carbons (Fsp3) is 0.263. The van der Waals surface area contributed by atoms with Crippen LogP contribution in [0.25, 0.3) is 0 Å². The molecule has 1 fully saturated rings. The summed E-state index contributed by atoms with van der Waals surface area (Å²) < 4.78 is 40.0. The van der Waals surface area contributed by atoms with Crippen LogP contribution in [0.2, 0.25) is 5.02 Å². The normalized spacial score (nSPS) is 22.8. The van der Waals surface area contributed by atoms with Gasteiger partial charge in [-0.25, -0.2) is 4.90 Å². The number of rotatable bonds is 3. The molecule has 0 aliphatic carbocycles. The summed E-state index contributed by atoms with van der Waals surface area (Å²) in [5.74, 6) is -0.838. The van der Waals surface area contributed by atoms with Gasteiger partial charge in [0, 0.05) is 10.7 Å². The van der Waals surface area contributed by atoms with E-state index in [-0.39, 0.29) is 16.3 Å². The van der Waals surface area contributed by atoms with Crippen LogP contribution in [0.15, 0.2) is 42.5 Å². The number of alkyl halides is 3. The van der Waals surface area contributed by atoms with Crippen molar-refractivity contribution < 1.29 is 28.2 Å². The van der Waals surface area contributed by atoms with Gasteiger partial charge in [-0.15, -0.1) is 0 Å². The number of carbonyl (C=O) groups excluding carboxylic acids is 1. The fourth-order valence-corrected chi connectivity index (χ4v) is 3.62. The molecule has 1 aliphatic rings. The van der Waals surface area contributed by atoms with E-state index in [0.29, 0.717) is 6.07 Å². The molecule has 1 heterocycles. The minimum atomic E-state index is -4.83. The predicted octanol–water partition coefficient (Wildman–Crippen LogP) is 2.67. The van der Waals surface area contributed by atoms with E-state index in [9.17, 15) is 28.2 Å². The summed E-state index contributed by atoms with van der Waals surface area (Å²) in [5, 5.41) is 29.9. The molecule has 2 aromatic rings.